The van der Waals surface area contributed by atoms with Gasteiger partial charge in [0.05, 0.1) is 0 Å². The van der Waals surface area contributed by atoms with E-state index in [2.05, 4.69) is 10.2 Å². The van der Waals surface area contributed by atoms with Crippen LogP contribution in [0.5, 0.6) is 0 Å². The van der Waals surface area contributed by atoms with E-state index in [9.17, 15) is 4.79 Å². The van der Waals surface area contributed by atoms with E-state index in [0.717, 1.165) is 31.2 Å². The highest BCUT2D eigenvalue weighted by Gasteiger charge is 2.34. The Morgan fingerprint density at radius 2 is 1.90 bits per heavy atom. The largest absolute Gasteiger partial charge is 0.353 e. The number of nitrogens with zero attached hydrogens (tertiary/aromatic N) is 1. The van der Waals surface area contributed by atoms with Gasteiger partial charge in [-0.3, -0.25) is 9.69 Å². The van der Waals surface area contributed by atoms with Crippen LogP contribution in [0.25, 0.3) is 0 Å². The molecule has 2 saturated carbocycles. The molecular weight excluding hydrogens is 250 g/mol. The van der Waals surface area contributed by atoms with Gasteiger partial charge in [0.15, 0.2) is 0 Å². The summed E-state index contributed by atoms with van der Waals surface area (Å²) in [6, 6.07) is 0.710. The zero-order valence-corrected chi connectivity index (χ0v) is 12.5. The normalized spacial score (nSPS) is 32.5. The molecule has 1 amide bonds. The third-order valence-corrected chi connectivity index (χ3v) is 5.47. The van der Waals surface area contributed by atoms with Gasteiger partial charge in [-0.25, -0.2) is 0 Å². The van der Waals surface area contributed by atoms with Gasteiger partial charge in [-0.05, 0) is 44.1 Å². The molecule has 0 aromatic rings. The van der Waals surface area contributed by atoms with Crippen LogP contribution in [-0.2, 0) is 4.79 Å². The molecule has 2 aliphatic carbocycles. The summed E-state index contributed by atoms with van der Waals surface area (Å²) in [6.45, 7) is 2.92. The second-order valence-electron chi connectivity index (χ2n) is 7.02. The van der Waals surface area contributed by atoms with Crippen molar-refractivity contribution in [3.05, 3.63) is 0 Å². The monoisotopic (exact) mass is 279 g/mol. The molecule has 3 aliphatic rings. The van der Waals surface area contributed by atoms with Crippen LogP contribution in [0.4, 0.5) is 0 Å². The predicted octanol–water partition coefficient (Wildman–Crippen LogP) is 1.49. The van der Waals surface area contributed by atoms with Gasteiger partial charge >= 0.3 is 0 Å². The summed E-state index contributed by atoms with van der Waals surface area (Å²) in [6.07, 6.45) is 9.84. The first kappa shape index (κ1) is 14.3. The van der Waals surface area contributed by atoms with E-state index in [1.165, 1.54) is 38.6 Å². The van der Waals surface area contributed by atoms with E-state index < -0.39 is 0 Å². The lowest BCUT2D eigenvalue weighted by Crippen LogP contribution is -2.51. The summed E-state index contributed by atoms with van der Waals surface area (Å²) < 4.78 is 0. The smallest absolute Gasteiger partial charge is 0.221 e. The van der Waals surface area contributed by atoms with Crippen LogP contribution < -0.4 is 11.1 Å². The Morgan fingerprint density at radius 1 is 1.15 bits per heavy atom. The van der Waals surface area contributed by atoms with E-state index in [-0.39, 0.29) is 11.9 Å². The number of carbonyl (C=O) groups is 1. The third kappa shape index (κ3) is 3.53. The molecule has 0 aromatic heterocycles. The summed E-state index contributed by atoms with van der Waals surface area (Å²) in [5.74, 6) is 2.01. The standard InChI is InChI=1S/C16H29N3O/c17-10-15(9-16(20)18-14-5-6-14)19-8-7-12-3-1-2-4-13(12)11-19/h12-15H,1-11,17H2,(H,18,20). The SMILES string of the molecule is NCC(CC(=O)NC1CC1)N1CCC2CCCCC2C1. The highest BCUT2D eigenvalue weighted by atomic mass is 16.1. The highest BCUT2D eigenvalue weighted by Crippen LogP contribution is 2.36. The number of fused-ring (bicyclic) bond motifs is 1. The van der Waals surface area contributed by atoms with Gasteiger partial charge in [-0.2, -0.15) is 0 Å². The van der Waals surface area contributed by atoms with Crippen molar-refractivity contribution in [2.45, 2.75) is 63.5 Å². The summed E-state index contributed by atoms with van der Waals surface area (Å²) in [4.78, 5) is 14.5. The van der Waals surface area contributed by atoms with Gasteiger partial charge in [-0.1, -0.05) is 19.3 Å². The van der Waals surface area contributed by atoms with Crippen molar-refractivity contribution in [3.63, 3.8) is 0 Å². The Hall–Kier alpha value is -0.610. The van der Waals surface area contributed by atoms with Crippen LogP contribution >= 0.6 is 0 Å². The van der Waals surface area contributed by atoms with Crippen molar-refractivity contribution in [2.24, 2.45) is 17.6 Å². The lowest BCUT2D eigenvalue weighted by Gasteiger charge is -2.44. The molecule has 1 aliphatic heterocycles. The minimum absolute atomic E-state index is 0.203. The summed E-state index contributed by atoms with van der Waals surface area (Å²) in [5.41, 5.74) is 5.94. The topological polar surface area (TPSA) is 58.4 Å². The number of hydrogen-bond acceptors (Lipinski definition) is 3. The van der Waals surface area contributed by atoms with Crippen LogP contribution in [-0.4, -0.2) is 42.5 Å². The molecule has 114 valence electrons. The fraction of sp³-hybridized carbons (Fsp3) is 0.938. The zero-order chi connectivity index (χ0) is 13.9. The van der Waals surface area contributed by atoms with Crippen LogP contribution in [0.1, 0.15) is 51.4 Å². The van der Waals surface area contributed by atoms with Crippen LogP contribution in [0.2, 0.25) is 0 Å². The summed E-state index contributed by atoms with van der Waals surface area (Å²) >= 11 is 0. The molecule has 1 saturated heterocycles. The molecule has 4 heteroatoms. The number of piperidine rings is 1. The number of hydrogen-bond donors (Lipinski definition) is 2. The first-order valence-corrected chi connectivity index (χ1v) is 8.49. The molecule has 0 bridgehead atoms. The minimum atomic E-state index is 0.203. The van der Waals surface area contributed by atoms with E-state index in [0.29, 0.717) is 19.0 Å². The average Bonchev–Trinajstić information content (AvgIpc) is 3.28. The average molecular weight is 279 g/mol. The Labute approximate surface area is 122 Å². The van der Waals surface area contributed by atoms with Gasteiger partial charge in [0.25, 0.3) is 0 Å². The lowest BCUT2D eigenvalue weighted by molar-refractivity contribution is -0.122. The molecule has 3 rings (SSSR count). The van der Waals surface area contributed by atoms with Gasteiger partial charge in [0, 0.05) is 31.6 Å². The fourth-order valence-corrected chi connectivity index (χ4v) is 4.05. The van der Waals surface area contributed by atoms with Crippen molar-refractivity contribution in [1.29, 1.82) is 0 Å². The molecule has 20 heavy (non-hydrogen) atoms. The maximum Gasteiger partial charge on any atom is 0.221 e. The van der Waals surface area contributed by atoms with E-state index in [1.54, 1.807) is 0 Å². The van der Waals surface area contributed by atoms with Crippen molar-refractivity contribution in [3.8, 4) is 0 Å². The van der Waals surface area contributed by atoms with Gasteiger partial charge in [-0.15, -0.1) is 0 Å². The second kappa shape index (κ2) is 6.44. The first-order valence-electron chi connectivity index (χ1n) is 8.49. The van der Waals surface area contributed by atoms with Gasteiger partial charge in [0.2, 0.25) is 5.91 Å². The molecule has 4 nitrogen and oxygen atoms in total. The number of amides is 1. The molecule has 3 atom stereocenters. The van der Waals surface area contributed by atoms with Crippen molar-refractivity contribution in [1.82, 2.24) is 10.2 Å². The van der Waals surface area contributed by atoms with Crippen LogP contribution in [0.3, 0.4) is 0 Å². The fourth-order valence-electron chi connectivity index (χ4n) is 4.05. The quantitative estimate of drug-likeness (QED) is 0.802. The predicted molar refractivity (Wildman–Crippen MR) is 80.3 cm³/mol. The number of likely N-dealkylation sites (tertiary alicyclic amines) is 1. The number of nitrogens with two attached hydrogens (primary N) is 1. The van der Waals surface area contributed by atoms with E-state index in [4.69, 9.17) is 5.73 Å². The second-order valence-corrected chi connectivity index (χ2v) is 7.02. The molecule has 1 heterocycles. The number of carbonyl (C=O) groups excluding carboxylic acids is 1. The van der Waals surface area contributed by atoms with E-state index in [1.807, 2.05) is 0 Å². The van der Waals surface area contributed by atoms with Gasteiger partial charge in [0.1, 0.15) is 0 Å². The van der Waals surface area contributed by atoms with Crippen LogP contribution in [0, 0.1) is 11.8 Å². The summed E-state index contributed by atoms with van der Waals surface area (Å²) in [7, 11) is 0. The van der Waals surface area contributed by atoms with Crippen molar-refractivity contribution >= 4 is 5.91 Å². The molecule has 0 spiro atoms. The minimum Gasteiger partial charge on any atom is -0.353 e. The molecule has 0 aromatic carbocycles. The highest BCUT2D eigenvalue weighted by molar-refractivity contribution is 5.77. The Kier molecular flexibility index (Phi) is 4.61. The Bertz CT molecular complexity index is 343. The van der Waals surface area contributed by atoms with Crippen molar-refractivity contribution < 1.29 is 4.79 Å². The number of nitrogens with one attached hydrogen (secondary N) is 1. The molecular formula is C16H29N3O. The van der Waals surface area contributed by atoms with Gasteiger partial charge < -0.3 is 11.1 Å². The van der Waals surface area contributed by atoms with E-state index >= 15 is 0 Å². The molecule has 3 fully saturated rings. The molecule has 0 radical (unpaired) electrons. The Morgan fingerprint density at radius 3 is 2.60 bits per heavy atom. The number of rotatable bonds is 5. The molecule has 3 N–H and O–H groups in total. The Balaban J connectivity index is 1.51. The van der Waals surface area contributed by atoms with Crippen molar-refractivity contribution in [2.75, 3.05) is 19.6 Å². The maximum atomic E-state index is 12.0. The molecule has 3 unspecified atom stereocenters. The third-order valence-electron chi connectivity index (χ3n) is 5.47. The first-order chi connectivity index (χ1) is 9.76. The lowest BCUT2D eigenvalue weighted by atomic mass is 9.75. The maximum absolute atomic E-state index is 12.0. The van der Waals surface area contributed by atoms with Crippen LogP contribution in [0.15, 0.2) is 0 Å². The summed E-state index contributed by atoms with van der Waals surface area (Å²) in [5, 5.41) is 3.09. The zero-order valence-electron chi connectivity index (χ0n) is 12.5.